The van der Waals surface area contributed by atoms with Crippen molar-refractivity contribution in [3.05, 3.63) is 42.0 Å². The van der Waals surface area contributed by atoms with Gasteiger partial charge in [-0.3, -0.25) is 9.59 Å². The topological polar surface area (TPSA) is 95.0 Å². The maximum Gasteiger partial charge on any atom is 0.307 e. The number of aryl methyl sites for hydroxylation is 1. The van der Waals surface area contributed by atoms with Crippen LogP contribution in [0.25, 0.3) is 0 Å². The molecule has 2 bridgehead atoms. The molecule has 2 aliphatic carbocycles. The number of piperazine rings is 1. The Morgan fingerprint density at radius 2 is 1.61 bits per heavy atom. The number of carbonyl (C=O) groups is 2. The highest BCUT2D eigenvalue weighted by molar-refractivity contribution is 7.89. The molecule has 1 saturated heterocycles. The van der Waals surface area contributed by atoms with Gasteiger partial charge in [0.1, 0.15) is 0 Å². The number of carboxylic acids is 1. The Balaban J connectivity index is 1.39. The van der Waals surface area contributed by atoms with Crippen LogP contribution in [0.2, 0.25) is 0 Å². The second kappa shape index (κ2) is 8.74. The van der Waals surface area contributed by atoms with Crippen molar-refractivity contribution in [1.29, 1.82) is 0 Å². The first-order valence-corrected chi connectivity index (χ1v) is 12.6. The molecule has 7 nitrogen and oxygen atoms in total. The van der Waals surface area contributed by atoms with E-state index in [2.05, 4.69) is 6.92 Å². The fourth-order valence-corrected chi connectivity index (χ4v) is 6.64. The number of allylic oxidation sites excluding steroid dienone is 2. The number of carboxylic acid groups (broad SMARTS) is 1. The van der Waals surface area contributed by atoms with Crippen LogP contribution in [-0.2, 0) is 26.0 Å². The highest BCUT2D eigenvalue weighted by Crippen LogP contribution is 2.48. The van der Waals surface area contributed by atoms with Crippen molar-refractivity contribution < 1.29 is 23.1 Å². The summed E-state index contributed by atoms with van der Waals surface area (Å²) in [5.74, 6) is -2.37. The molecule has 2 fully saturated rings. The molecule has 1 aliphatic heterocycles. The number of aliphatic carboxylic acids is 1. The van der Waals surface area contributed by atoms with Gasteiger partial charge in [0.15, 0.2) is 0 Å². The molecule has 8 heteroatoms. The molecule has 1 N–H and O–H groups in total. The van der Waals surface area contributed by atoms with E-state index in [1.807, 2.05) is 24.3 Å². The number of hydrogen-bond donors (Lipinski definition) is 1. The largest absolute Gasteiger partial charge is 0.481 e. The SMILES string of the molecule is CCCCc1ccc(S(=O)(=O)N2CCN(C(=O)[C@H]3[C@@H](C(=O)O)[C@H]4C=C[C@@H]3C4)CC2)cc1. The van der Waals surface area contributed by atoms with Crippen molar-refractivity contribution in [1.82, 2.24) is 9.21 Å². The molecular formula is C23H30N2O5S. The molecule has 0 radical (unpaired) electrons. The van der Waals surface area contributed by atoms with Crippen LogP contribution in [0, 0.1) is 23.7 Å². The zero-order valence-corrected chi connectivity index (χ0v) is 18.6. The molecule has 1 amide bonds. The van der Waals surface area contributed by atoms with E-state index in [9.17, 15) is 23.1 Å². The summed E-state index contributed by atoms with van der Waals surface area (Å²) in [7, 11) is -3.61. The number of amides is 1. The van der Waals surface area contributed by atoms with E-state index in [1.54, 1.807) is 17.0 Å². The van der Waals surface area contributed by atoms with Crippen LogP contribution in [0.15, 0.2) is 41.3 Å². The summed E-state index contributed by atoms with van der Waals surface area (Å²) in [6.45, 7) is 3.15. The molecule has 0 unspecified atom stereocenters. The zero-order valence-electron chi connectivity index (χ0n) is 17.8. The van der Waals surface area contributed by atoms with Gasteiger partial charge in [-0.25, -0.2) is 8.42 Å². The first kappa shape index (κ1) is 22.0. The first-order valence-electron chi connectivity index (χ1n) is 11.1. The van der Waals surface area contributed by atoms with E-state index in [0.717, 1.165) is 31.2 Å². The Labute approximate surface area is 183 Å². The molecule has 1 aromatic rings. The normalized spacial score (nSPS) is 28.2. The minimum Gasteiger partial charge on any atom is -0.481 e. The van der Waals surface area contributed by atoms with Crippen molar-refractivity contribution in [3.8, 4) is 0 Å². The highest BCUT2D eigenvalue weighted by atomic mass is 32.2. The van der Waals surface area contributed by atoms with Crippen molar-refractivity contribution in [2.75, 3.05) is 26.2 Å². The molecule has 31 heavy (non-hydrogen) atoms. The van der Waals surface area contributed by atoms with E-state index in [1.165, 1.54) is 4.31 Å². The lowest BCUT2D eigenvalue weighted by atomic mass is 9.82. The van der Waals surface area contributed by atoms with Gasteiger partial charge in [0.25, 0.3) is 0 Å². The molecule has 3 aliphatic rings. The third-order valence-corrected chi connectivity index (χ3v) is 8.87. The van der Waals surface area contributed by atoms with E-state index >= 15 is 0 Å². The van der Waals surface area contributed by atoms with Crippen LogP contribution >= 0.6 is 0 Å². The zero-order chi connectivity index (χ0) is 22.2. The third-order valence-electron chi connectivity index (χ3n) is 6.96. The van der Waals surface area contributed by atoms with Crippen LogP contribution in [0.1, 0.15) is 31.7 Å². The molecule has 0 spiro atoms. The number of nitrogens with zero attached hydrogens (tertiary/aromatic N) is 2. The van der Waals surface area contributed by atoms with Crippen LogP contribution in [0.5, 0.6) is 0 Å². The molecule has 4 atom stereocenters. The number of sulfonamides is 1. The number of hydrogen-bond acceptors (Lipinski definition) is 4. The summed E-state index contributed by atoms with van der Waals surface area (Å²) < 4.78 is 27.5. The predicted molar refractivity (Wildman–Crippen MR) is 116 cm³/mol. The maximum absolute atomic E-state index is 13.1. The van der Waals surface area contributed by atoms with Crippen LogP contribution in [0.4, 0.5) is 0 Å². The standard InChI is InChI=1S/C23H30N2O5S/c1-2-3-4-16-5-9-19(10-6-16)31(29,30)25-13-11-24(12-14-25)22(26)20-17-7-8-18(15-17)21(20)23(27)28/h5-10,17-18,20-21H,2-4,11-15H2,1H3,(H,27,28)/t17-,18+,20-,21+/m1/s1. The Bertz CT molecular complexity index is 964. The average Bonchev–Trinajstić information content (AvgIpc) is 3.39. The lowest BCUT2D eigenvalue weighted by Gasteiger charge is -2.37. The summed E-state index contributed by atoms with van der Waals surface area (Å²) in [6.07, 6.45) is 7.71. The van der Waals surface area contributed by atoms with Gasteiger partial charge in [0, 0.05) is 26.2 Å². The van der Waals surface area contributed by atoms with Gasteiger partial charge < -0.3 is 10.0 Å². The van der Waals surface area contributed by atoms with Crippen molar-refractivity contribution >= 4 is 21.9 Å². The molecule has 1 saturated carbocycles. The Morgan fingerprint density at radius 1 is 1.00 bits per heavy atom. The molecule has 1 aromatic carbocycles. The Hall–Kier alpha value is -2.19. The van der Waals surface area contributed by atoms with Crippen LogP contribution in [0.3, 0.4) is 0 Å². The summed E-state index contributed by atoms with van der Waals surface area (Å²) in [5.41, 5.74) is 1.13. The van der Waals surface area contributed by atoms with Gasteiger partial charge in [-0.1, -0.05) is 37.6 Å². The molecule has 168 valence electrons. The summed E-state index contributed by atoms with van der Waals surface area (Å²) in [5, 5.41) is 9.60. The highest BCUT2D eigenvalue weighted by Gasteiger charge is 2.52. The summed E-state index contributed by atoms with van der Waals surface area (Å²) in [6, 6.07) is 7.07. The number of unbranched alkanes of at least 4 members (excludes halogenated alkanes) is 1. The third kappa shape index (κ3) is 4.15. The smallest absolute Gasteiger partial charge is 0.307 e. The maximum atomic E-state index is 13.1. The number of benzene rings is 1. The molecule has 4 rings (SSSR count). The Kier molecular flexibility index (Phi) is 6.21. The minimum atomic E-state index is -3.61. The summed E-state index contributed by atoms with van der Waals surface area (Å²) in [4.78, 5) is 26.8. The van der Waals surface area contributed by atoms with Gasteiger partial charge in [0.05, 0.1) is 16.7 Å². The van der Waals surface area contributed by atoms with Crippen LogP contribution in [-0.4, -0.2) is 60.8 Å². The second-order valence-corrected chi connectivity index (χ2v) is 10.8. The molecule has 1 heterocycles. The molecule has 0 aromatic heterocycles. The van der Waals surface area contributed by atoms with Gasteiger partial charge in [-0.2, -0.15) is 4.31 Å². The monoisotopic (exact) mass is 446 g/mol. The van der Waals surface area contributed by atoms with Gasteiger partial charge >= 0.3 is 5.97 Å². The molecular weight excluding hydrogens is 416 g/mol. The van der Waals surface area contributed by atoms with E-state index < -0.39 is 27.8 Å². The fourth-order valence-electron chi connectivity index (χ4n) is 5.21. The average molecular weight is 447 g/mol. The van der Waals surface area contributed by atoms with Gasteiger partial charge in [-0.15, -0.1) is 0 Å². The number of fused-ring (bicyclic) bond motifs is 2. The number of carbonyl (C=O) groups excluding carboxylic acids is 1. The van der Waals surface area contributed by atoms with Crippen molar-refractivity contribution in [3.63, 3.8) is 0 Å². The predicted octanol–water partition coefficient (Wildman–Crippen LogP) is 2.38. The van der Waals surface area contributed by atoms with E-state index in [0.29, 0.717) is 0 Å². The summed E-state index contributed by atoms with van der Waals surface area (Å²) >= 11 is 0. The van der Waals surface area contributed by atoms with Gasteiger partial charge in [0.2, 0.25) is 15.9 Å². The first-order chi connectivity index (χ1) is 14.8. The lowest BCUT2D eigenvalue weighted by molar-refractivity contribution is -0.151. The van der Waals surface area contributed by atoms with E-state index in [4.69, 9.17) is 0 Å². The van der Waals surface area contributed by atoms with Crippen molar-refractivity contribution in [2.45, 2.75) is 37.5 Å². The van der Waals surface area contributed by atoms with E-state index in [-0.39, 0.29) is 48.8 Å². The quantitative estimate of drug-likeness (QED) is 0.649. The van der Waals surface area contributed by atoms with Crippen LogP contribution < -0.4 is 0 Å². The lowest BCUT2D eigenvalue weighted by Crippen LogP contribution is -2.53. The van der Waals surface area contributed by atoms with Crippen molar-refractivity contribution in [2.24, 2.45) is 23.7 Å². The minimum absolute atomic E-state index is 0.0217. The van der Waals surface area contributed by atoms with Gasteiger partial charge in [-0.05, 0) is 48.8 Å². The second-order valence-electron chi connectivity index (χ2n) is 8.81. The number of rotatable bonds is 7. The Morgan fingerprint density at radius 3 is 2.19 bits per heavy atom. The fraction of sp³-hybridized carbons (Fsp3) is 0.565.